The molecule has 0 bridgehead atoms. The molecular formula is C21H30O4. The van der Waals surface area contributed by atoms with Crippen molar-refractivity contribution in [1.82, 2.24) is 0 Å². The van der Waals surface area contributed by atoms with Gasteiger partial charge in [0.1, 0.15) is 11.9 Å². The van der Waals surface area contributed by atoms with Gasteiger partial charge in [0.25, 0.3) is 0 Å². The van der Waals surface area contributed by atoms with Crippen LogP contribution in [-0.4, -0.2) is 33.0 Å². The van der Waals surface area contributed by atoms with E-state index in [9.17, 15) is 20.1 Å². The zero-order valence-corrected chi connectivity index (χ0v) is 15.5. The lowest BCUT2D eigenvalue weighted by Gasteiger charge is -2.58. The van der Waals surface area contributed by atoms with Crippen LogP contribution in [0.4, 0.5) is 0 Å². The first-order valence-corrected chi connectivity index (χ1v) is 9.68. The maximum atomic E-state index is 12.2. The van der Waals surface area contributed by atoms with Crippen molar-refractivity contribution in [2.75, 3.05) is 0 Å². The Kier molecular flexibility index (Phi) is 3.68. The minimum Gasteiger partial charge on any atom is -0.387 e. The summed E-state index contributed by atoms with van der Waals surface area (Å²) in [7, 11) is 0. The number of carbonyl (C=O) groups excluding carboxylic acids is 1. The Morgan fingerprint density at radius 1 is 1.08 bits per heavy atom. The molecule has 1 unspecified atom stereocenters. The van der Waals surface area contributed by atoms with Crippen LogP contribution >= 0.6 is 0 Å². The van der Waals surface area contributed by atoms with E-state index in [-0.39, 0.29) is 23.0 Å². The van der Waals surface area contributed by atoms with E-state index in [0.29, 0.717) is 18.8 Å². The highest BCUT2D eigenvalue weighted by Crippen LogP contribution is 2.66. The molecule has 4 aliphatic rings. The molecule has 4 aliphatic carbocycles. The molecule has 3 fully saturated rings. The van der Waals surface area contributed by atoms with Crippen molar-refractivity contribution in [3.63, 3.8) is 0 Å². The van der Waals surface area contributed by atoms with Gasteiger partial charge in [-0.2, -0.15) is 0 Å². The maximum absolute atomic E-state index is 12.2. The van der Waals surface area contributed by atoms with Gasteiger partial charge in [0, 0.05) is 5.92 Å². The van der Waals surface area contributed by atoms with E-state index < -0.39 is 17.3 Å². The predicted octanol–water partition coefficient (Wildman–Crippen LogP) is 2.73. The van der Waals surface area contributed by atoms with Crippen LogP contribution in [0.3, 0.4) is 0 Å². The number of fused-ring (bicyclic) bond motifs is 5. The quantitative estimate of drug-likeness (QED) is 0.638. The van der Waals surface area contributed by atoms with E-state index in [1.54, 1.807) is 6.92 Å². The zero-order valence-electron chi connectivity index (χ0n) is 15.5. The molecule has 0 heterocycles. The molecule has 4 rings (SSSR count). The molecule has 0 aromatic rings. The highest BCUT2D eigenvalue weighted by molar-refractivity contribution is 5.79. The average Bonchev–Trinajstić information content (AvgIpc) is 2.90. The fourth-order valence-electron chi connectivity index (χ4n) is 6.79. The van der Waals surface area contributed by atoms with E-state index in [1.807, 2.05) is 6.92 Å². The van der Waals surface area contributed by atoms with Crippen LogP contribution < -0.4 is 0 Å². The summed E-state index contributed by atoms with van der Waals surface area (Å²) in [6.07, 6.45) is 7.93. The second-order valence-electron chi connectivity index (χ2n) is 9.23. The lowest BCUT2D eigenvalue weighted by Crippen LogP contribution is -2.63. The maximum Gasteiger partial charge on any atom is 0.199 e. The van der Waals surface area contributed by atoms with E-state index in [1.165, 1.54) is 5.57 Å². The Labute approximate surface area is 149 Å². The zero-order chi connectivity index (χ0) is 18.2. The summed E-state index contributed by atoms with van der Waals surface area (Å²) in [4.78, 5) is 12.2. The molecule has 138 valence electrons. The fourth-order valence-corrected chi connectivity index (χ4v) is 6.79. The van der Waals surface area contributed by atoms with Gasteiger partial charge in [-0.3, -0.25) is 4.79 Å². The lowest BCUT2D eigenvalue weighted by atomic mass is 9.48. The SMILES string of the molecule is CC(=O)[C@@H]1CC[C@H]2C3=CC=C4CCC(O)C(O)(O)[C@]4(C)[C@H]3CC[C@]12C. The third-order valence-corrected chi connectivity index (χ3v) is 8.36. The summed E-state index contributed by atoms with van der Waals surface area (Å²) in [5.41, 5.74) is 1.45. The van der Waals surface area contributed by atoms with Crippen molar-refractivity contribution < 1.29 is 20.1 Å². The Hall–Kier alpha value is -0.970. The van der Waals surface area contributed by atoms with Crippen LogP contribution in [0.15, 0.2) is 23.3 Å². The highest BCUT2D eigenvalue weighted by Gasteiger charge is 2.64. The van der Waals surface area contributed by atoms with Crippen molar-refractivity contribution in [3.8, 4) is 0 Å². The molecule has 0 spiro atoms. The van der Waals surface area contributed by atoms with Crippen molar-refractivity contribution in [1.29, 1.82) is 0 Å². The molecule has 3 saturated carbocycles. The third-order valence-electron chi connectivity index (χ3n) is 8.36. The number of aliphatic hydroxyl groups excluding tert-OH is 1. The number of hydrogen-bond acceptors (Lipinski definition) is 4. The molecule has 6 atom stereocenters. The standard InChI is InChI=1S/C21H30O4/c1-12(22)15-7-8-16-14-6-4-13-5-9-18(23)21(24,25)20(13,3)17(14)10-11-19(15,16)2/h4,6,15-18,23-25H,5,7-11H2,1-3H3/t15-,16-,17-,18?,19+,20-/m0/s1. The smallest absolute Gasteiger partial charge is 0.199 e. The van der Waals surface area contributed by atoms with Gasteiger partial charge < -0.3 is 15.3 Å². The van der Waals surface area contributed by atoms with E-state index in [0.717, 1.165) is 31.3 Å². The molecule has 0 aromatic heterocycles. The largest absolute Gasteiger partial charge is 0.387 e. The van der Waals surface area contributed by atoms with Gasteiger partial charge in [0.05, 0.1) is 5.41 Å². The van der Waals surface area contributed by atoms with Crippen LogP contribution in [0.2, 0.25) is 0 Å². The lowest BCUT2D eigenvalue weighted by molar-refractivity contribution is -0.300. The summed E-state index contributed by atoms with van der Waals surface area (Å²) >= 11 is 0. The van der Waals surface area contributed by atoms with Crippen molar-refractivity contribution in [3.05, 3.63) is 23.3 Å². The van der Waals surface area contributed by atoms with Crippen molar-refractivity contribution in [2.45, 2.75) is 71.2 Å². The monoisotopic (exact) mass is 346 g/mol. The first kappa shape index (κ1) is 17.4. The number of allylic oxidation sites excluding steroid dienone is 3. The van der Waals surface area contributed by atoms with Crippen LogP contribution in [0.5, 0.6) is 0 Å². The molecule has 0 aromatic carbocycles. The molecule has 0 amide bonds. The normalized spacial score (nSPS) is 47.9. The molecule has 0 radical (unpaired) electrons. The minimum absolute atomic E-state index is 0.0171. The number of aliphatic hydroxyl groups is 3. The van der Waals surface area contributed by atoms with Crippen molar-refractivity contribution in [2.24, 2.45) is 28.6 Å². The van der Waals surface area contributed by atoms with E-state index in [4.69, 9.17) is 0 Å². The predicted molar refractivity (Wildman–Crippen MR) is 94.4 cm³/mol. The molecule has 25 heavy (non-hydrogen) atoms. The molecule has 0 saturated heterocycles. The number of carbonyl (C=O) groups is 1. The van der Waals surface area contributed by atoms with Gasteiger partial charge in [0.15, 0.2) is 5.79 Å². The van der Waals surface area contributed by atoms with Crippen LogP contribution in [0.25, 0.3) is 0 Å². The van der Waals surface area contributed by atoms with Gasteiger partial charge in [-0.05, 0) is 69.6 Å². The summed E-state index contributed by atoms with van der Waals surface area (Å²) in [6, 6.07) is 0. The Balaban J connectivity index is 1.78. The second-order valence-corrected chi connectivity index (χ2v) is 9.23. The Morgan fingerprint density at radius 2 is 1.80 bits per heavy atom. The third kappa shape index (κ3) is 2.02. The van der Waals surface area contributed by atoms with Crippen LogP contribution in [-0.2, 0) is 4.79 Å². The summed E-state index contributed by atoms with van der Waals surface area (Å²) in [5.74, 6) is -1.35. The molecule has 3 N–H and O–H groups in total. The number of Topliss-reactive ketones (excluding diaryl/α,β-unsaturated/α-hetero) is 1. The van der Waals surface area contributed by atoms with Crippen LogP contribution in [0.1, 0.15) is 59.3 Å². The van der Waals surface area contributed by atoms with Crippen LogP contribution in [0, 0.1) is 28.6 Å². The molecule has 0 aliphatic heterocycles. The summed E-state index contributed by atoms with van der Waals surface area (Å²) in [6.45, 7) is 5.87. The topological polar surface area (TPSA) is 77.8 Å². The Bertz CT molecular complexity index is 675. The number of hydrogen-bond donors (Lipinski definition) is 3. The molecule has 4 heteroatoms. The summed E-state index contributed by atoms with van der Waals surface area (Å²) in [5, 5.41) is 32.0. The van der Waals surface area contributed by atoms with E-state index in [2.05, 4.69) is 19.1 Å². The van der Waals surface area contributed by atoms with Gasteiger partial charge in [-0.15, -0.1) is 0 Å². The van der Waals surface area contributed by atoms with Gasteiger partial charge in [0.2, 0.25) is 0 Å². The Morgan fingerprint density at radius 3 is 2.48 bits per heavy atom. The molecular weight excluding hydrogens is 316 g/mol. The number of ketones is 1. The minimum atomic E-state index is -2.10. The van der Waals surface area contributed by atoms with Gasteiger partial charge in [-0.1, -0.05) is 30.2 Å². The second kappa shape index (κ2) is 5.28. The van der Waals surface area contributed by atoms with E-state index >= 15 is 0 Å². The first-order valence-electron chi connectivity index (χ1n) is 9.68. The number of rotatable bonds is 1. The summed E-state index contributed by atoms with van der Waals surface area (Å²) < 4.78 is 0. The van der Waals surface area contributed by atoms with Crippen molar-refractivity contribution >= 4 is 5.78 Å². The first-order chi connectivity index (χ1) is 11.6. The molecule has 4 nitrogen and oxygen atoms in total. The average molecular weight is 346 g/mol. The van der Waals surface area contributed by atoms with Gasteiger partial charge in [-0.25, -0.2) is 0 Å². The highest BCUT2D eigenvalue weighted by atomic mass is 16.5. The van der Waals surface area contributed by atoms with Gasteiger partial charge >= 0.3 is 0 Å². The fraction of sp³-hybridized carbons (Fsp3) is 0.762.